The van der Waals surface area contributed by atoms with Crippen molar-refractivity contribution in [3.63, 3.8) is 0 Å². The van der Waals surface area contributed by atoms with E-state index < -0.39 is 0 Å². The zero-order valence-corrected chi connectivity index (χ0v) is 15.0. The fraction of sp³-hybridized carbons (Fsp3) is 0.611. The Morgan fingerprint density at radius 3 is 2.92 bits per heavy atom. The highest BCUT2D eigenvalue weighted by molar-refractivity contribution is 5.79. The minimum Gasteiger partial charge on any atom is -0.492 e. The van der Waals surface area contributed by atoms with Crippen molar-refractivity contribution >= 4 is 5.96 Å². The lowest BCUT2D eigenvalue weighted by Gasteiger charge is -2.26. The fourth-order valence-corrected chi connectivity index (χ4v) is 2.55. The minimum atomic E-state index is -0.291. The van der Waals surface area contributed by atoms with Crippen LogP contribution < -0.4 is 15.4 Å². The molecule has 0 bridgehead atoms. The molecule has 1 aliphatic heterocycles. The van der Waals surface area contributed by atoms with Crippen LogP contribution in [0.5, 0.6) is 5.75 Å². The van der Waals surface area contributed by atoms with Crippen molar-refractivity contribution in [1.82, 2.24) is 15.5 Å². The molecule has 0 aliphatic carbocycles. The lowest BCUT2D eigenvalue weighted by atomic mass is 10.3. The molecule has 1 fully saturated rings. The maximum atomic E-state index is 13.1. The number of morpholine rings is 1. The summed E-state index contributed by atoms with van der Waals surface area (Å²) in [5.74, 6) is 1.03. The fourth-order valence-electron chi connectivity index (χ4n) is 2.55. The standard InChI is InChI=1S/C18H29FN4O2/c1-2-20-18(21-7-4-9-23-10-13-24-14-11-23)22-8-12-25-17-6-3-5-16(19)15-17/h3,5-6,15H,2,4,7-14H2,1H3,(H2,20,21,22). The Morgan fingerprint density at radius 1 is 1.32 bits per heavy atom. The van der Waals surface area contributed by atoms with Crippen molar-refractivity contribution in [3.8, 4) is 5.75 Å². The number of guanidine groups is 1. The van der Waals surface area contributed by atoms with Crippen LogP contribution in [0.15, 0.2) is 29.3 Å². The first-order chi connectivity index (χ1) is 12.3. The lowest BCUT2D eigenvalue weighted by Crippen LogP contribution is -2.39. The van der Waals surface area contributed by atoms with E-state index in [9.17, 15) is 4.39 Å². The van der Waals surface area contributed by atoms with E-state index in [1.54, 1.807) is 12.1 Å². The SMILES string of the molecule is CCNC(=NCCCN1CCOCC1)NCCOc1cccc(F)c1. The molecule has 25 heavy (non-hydrogen) atoms. The van der Waals surface area contributed by atoms with E-state index in [1.807, 2.05) is 6.92 Å². The van der Waals surface area contributed by atoms with E-state index >= 15 is 0 Å². The van der Waals surface area contributed by atoms with Crippen molar-refractivity contribution in [3.05, 3.63) is 30.1 Å². The highest BCUT2D eigenvalue weighted by Gasteiger charge is 2.09. The second-order valence-corrected chi connectivity index (χ2v) is 5.80. The van der Waals surface area contributed by atoms with E-state index in [0.717, 1.165) is 58.3 Å². The number of benzene rings is 1. The van der Waals surface area contributed by atoms with Gasteiger partial charge in [0.2, 0.25) is 0 Å². The zero-order valence-electron chi connectivity index (χ0n) is 15.0. The first-order valence-corrected chi connectivity index (χ1v) is 8.98. The van der Waals surface area contributed by atoms with Crippen LogP contribution in [-0.2, 0) is 4.74 Å². The average Bonchev–Trinajstić information content (AvgIpc) is 2.63. The van der Waals surface area contributed by atoms with Gasteiger partial charge in [0.1, 0.15) is 18.2 Å². The van der Waals surface area contributed by atoms with Crippen LogP contribution in [0.4, 0.5) is 4.39 Å². The average molecular weight is 352 g/mol. The number of nitrogens with one attached hydrogen (secondary N) is 2. The molecule has 1 aliphatic rings. The molecule has 0 unspecified atom stereocenters. The van der Waals surface area contributed by atoms with Gasteiger partial charge in [-0.15, -0.1) is 0 Å². The molecule has 1 saturated heterocycles. The molecule has 0 aromatic heterocycles. The molecule has 1 aromatic carbocycles. The van der Waals surface area contributed by atoms with Gasteiger partial charge in [0.05, 0.1) is 19.8 Å². The molecule has 1 heterocycles. The second kappa shape index (κ2) is 11.7. The zero-order chi connectivity index (χ0) is 17.7. The van der Waals surface area contributed by atoms with Gasteiger partial charge in [-0.25, -0.2) is 4.39 Å². The number of hydrogen-bond donors (Lipinski definition) is 2. The van der Waals surface area contributed by atoms with Gasteiger partial charge in [-0.2, -0.15) is 0 Å². The molecule has 2 rings (SSSR count). The third kappa shape index (κ3) is 8.18. The van der Waals surface area contributed by atoms with Crippen LogP contribution >= 0.6 is 0 Å². The van der Waals surface area contributed by atoms with Crippen LogP contribution in [0.2, 0.25) is 0 Å². The maximum Gasteiger partial charge on any atom is 0.191 e. The third-order valence-electron chi connectivity index (χ3n) is 3.81. The summed E-state index contributed by atoms with van der Waals surface area (Å²) < 4.78 is 23.9. The number of aliphatic imine (C=N–C) groups is 1. The summed E-state index contributed by atoms with van der Waals surface area (Å²) in [6, 6.07) is 6.16. The summed E-state index contributed by atoms with van der Waals surface area (Å²) >= 11 is 0. The molecule has 0 atom stereocenters. The van der Waals surface area contributed by atoms with Crippen molar-refractivity contribution in [2.45, 2.75) is 13.3 Å². The number of halogens is 1. The smallest absolute Gasteiger partial charge is 0.191 e. The first kappa shape index (κ1) is 19.5. The van der Waals surface area contributed by atoms with Gasteiger partial charge < -0.3 is 20.1 Å². The highest BCUT2D eigenvalue weighted by Crippen LogP contribution is 2.11. The molecular weight excluding hydrogens is 323 g/mol. The molecule has 7 heteroatoms. The summed E-state index contributed by atoms with van der Waals surface area (Å²) in [5, 5.41) is 6.45. The van der Waals surface area contributed by atoms with Crippen molar-refractivity contribution < 1.29 is 13.9 Å². The number of ether oxygens (including phenoxy) is 2. The molecule has 1 aromatic rings. The minimum absolute atomic E-state index is 0.291. The molecule has 0 spiro atoms. The summed E-state index contributed by atoms with van der Waals surface area (Å²) in [5.41, 5.74) is 0. The Labute approximate surface area is 149 Å². The van der Waals surface area contributed by atoms with E-state index in [0.29, 0.717) is 18.9 Å². The Kier molecular flexibility index (Phi) is 9.07. The molecule has 6 nitrogen and oxygen atoms in total. The summed E-state index contributed by atoms with van der Waals surface area (Å²) in [7, 11) is 0. The van der Waals surface area contributed by atoms with Crippen LogP contribution in [0, 0.1) is 5.82 Å². The Bertz CT molecular complexity index is 522. The molecular formula is C18H29FN4O2. The lowest BCUT2D eigenvalue weighted by molar-refractivity contribution is 0.0377. The monoisotopic (exact) mass is 352 g/mol. The van der Waals surface area contributed by atoms with Gasteiger partial charge >= 0.3 is 0 Å². The Hall–Kier alpha value is -1.86. The second-order valence-electron chi connectivity index (χ2n) is 5.80. The quantitative estimate of drug-likeness (QED) is 0.401. The van der Waals surface area contributed by atoms with Crippen LogP contribution in [0.3, 0.4) is 0 Å². The van der Waals surface area contributed by atoms with Gasteiger partial charge in [-0.05, 0) is 25.5 Å². The molecule has 2 N–H and O–H groups in total. The number of nitrogens with zero attached hydrogens (tertiary/aromatic N) is 2. The topological polar surface area (TPSA) is 58.1 Å². The van der Waals surface area contributed by atoms with Crippen molar-refractivity contribution in [2.24, 2.45) is 4.99 Å². The highest BCUT2D eigenvalue weighted by atomic mass is 19.1. The summed E-state index contributed by atoms with van der Waals surface area (Å²) in [6.45, 7) is 9.41. The molecule has 140 valence electrons. The summed E-state index contributed by atoms with van der Waals surface area (Å²) in [4.78, 5) is 6.99. The number of hydrogen-bond acceptors (Lipinski definition) is 4. The Morgan fingerprint density at radius 2 is 2.16 bits per heavy atom. The van der Waals surface area contributed by atoms with Gasteiger partial charge in [0.15, 0.2) is 5.96 Å². The first-order valence-electron chi connectivity index (χ1n) is 8.98. The van der Waals surface area contributed by atoms with Gasteiger partial charge in [0.25, 0.3) is 0 Å². The largest absolute Gasteiger partial charge is 0.492 e. The normalized spacial score (nSPS) is 15.8. The molecule has 0 radical (unpaired) electrons. The van der Waals surface area contributed by atoms with Crippen LogP contribution in [-0.4, -0.2) is 69.9 Å². The summed E-state index contributed by atoms with van der Waals surface area (Å²) in [6.07, 6.45) is 1.02. The van der Waals surface area contributed by atoms with E-state index in [1.165, 1.54) is 12.1 Å². The maximum absolute atomic E-state index is 13.1. The van der Waals surface area contributed by atoms with Gasteiger partial charge in [-0.1, -0.05) is 6.07 Å². The van der Waals surface area contributed by atoms with E-state index in [2.05, 4.69) is 20.5 Å². The van der Waals surface area contributed by atoms with E-state index in [4.69, 9.17) is 9.47 Å². The third-order valence-corrected chi connectivity index (χ3v) is 3.81. The molecule has 0 amide bonds. The predicted octanol–water partition coefficient (Wildman–Crippen LogP) is 1.48. The van der Waals surface area contributed by atoms with Gasteiger partial charge in [0, 0.05) is 38.8 Å². The van der Waals surface area contributed by atoms with E-state index in [-0.39, 0.29) is 5.82 Å². The molecule has 0 saturated carbocycles. The van der Waals surface area contributed by atoms with Crippen molar-refractivity contribution in [2.75, 3.05) is 59.1 Å². The van der Waals surface area contributed by atoms with Crippen molar-refractivity contribution in [1.29, 1.82) is 0 Å². The van der Waals surface area contributed by atoms with Crippen LogP contribution in [0.25, 0.3) is 0 Å². The Balaban J connectivity index is 1.63. The van der Waals surface area contributed by atoms with Crippen LogP contribution in [0.1, 0.15) is 13.3 Å². The van der Waals surface area contributed by atoms with Gasteiger partial charge in [-0.3, -0.25) is 9.89 Å². The number of rotatable bonds is 9. The predicted molar refractivity (Wildman–Crippen MR) is 97.8 cm³/mol.